The van der Waals surface area contributed by atoms with Gasteiger partial charge in [-0.05, 0) is 70.3 Å². The zero-order chi connectivity index (χ0) is 29.1. The van der Waals surface area contributed by atoms with E-state index in [9.17, 15) is 34.2 Å². The lowest BCUT2D eigenvalue weighted by Crippen LogP contribution is -2.74. The lowest BCUT2D eigenvalue weighted by Gasteiger charge is -2.52. The van der Waals surface area contributed by atoms with Gasteiger partial charge in [0.1, 0.15) is 5.75 Å². The number of anilines is 1. The van der Waals surface area contributed by atoms with Crippen molar-refractivity contribution in [3.63, 3.8) is 0 Å². The Bertz CT molecular complexity index is 1270. The summed E-state index contributed by atoms with van der Waals surface area (Å²) >= 11 is 0. The number of rotatable bonds is 6. The van der Waals surface area contributed by atoms with Gasteiger partial charge in [-0.2, -0.15) is 0 Å². The van der Waals surface area contributed by atoms with E-state index in [0.717, 1.165) is 38.9 Å². The maximum Gasteiger partial charge on any atom is 0.235 e. The molecule has 0 aromatic heterocycles. The normalized spacial score (nSPS) is 33.0. The lowest BCUT2D eigenvalue weighted by molar-refractivity contribution is -0.181. The Morgan fingerprint density at radius 3 is 2.42 bits per heavy atom. The SMILES string of the molecule is CCCN1CCC(Nc2ccc3c(c2O)C(=O)C2C(=O)C4(O)C(=O)C(C(N)=O)C(=O)C(N(C)C)C4CC2C3)CC1. The minimum atomic E-state index is -2.71. The van der Waals surface area contributed by atoms with Crippen molar-refractivity contribution in [1.29, 1.82) is 0 Å². The summed E-state index contributed by atoms with van der Waals surface area (Å²) < 4.78 is 0. The van der Waals surface area contributed by atoms with Crippen molar-refractivity contribution >= 4 is 34.7 Å². The number of phenolic OH excluding ortho intramolecular Hbond substituents is 1. The molecular formula is C29H38N4O7. The number of carbonyl (C=O) groups is 5. The zero-order valence-corrected chi connectivity index (χ0v) is 23.2. The average Bonchev–Trinajstić information content (AvgIpc) is 2.88. The monoisotopic (exact) mass is 554 g/mol. The van der Waals surface area contributed by atoms with Gasteiger partial charge in [0.15, 0.2) is 34.7 Å². The first-order chi connectivity index (χ1) is 18.9. The van der Waals surface area contributed by atoms with Gasteiger partial charge in [0.05, 0.1) is 23.2 Å². The van der Waals surface area contributed by atoms with Crippen molar-refractivity contribution in [3.8, 4) is 5.75 Å². The number of phenols is 1. The van der Waals surface area contributed by atoms with E-state index in [-0.39, 0.29) is 30.2 Å². The number of amides is 1. The van der Waals surface area contributed by atoms with E-state index in [0.29, 0.717) is 11.3 Å². The Labute approximate surface area is 233 Å². The third-order valence-electron chi connectivity index (χ3n) is 9.42. The van der Waals surface area contributed by atoms with Crippen molar-refractivity contribution in [2.75, 3.05) is 39.0 Å². The number of aromatic hydroxyl groups is 1. The molecule has 5 rings (SSSR count). The lowest BCUT2D eigenvalue weighted by atomic mass is 9.52. The molecule has 2 saturated carbocycles. The first-order valence-electron chi connectivity index (χ1n) is 14.1. The van der Waals surface area contributed by atoms with Crippen molar-refractivity contribution in [3.05, 3.63) is 23.3 Å². The fraction of sp³-hybridized carbons (Fsp3) is 0.621. The van der Waals surface area contributed by atoms with Crippen LogP contribution in [-0.2, 0) is 25.6 Å². The number of carbonyl (C=O) groups excluding carboxylic acids is 5. The predicted octanol–water partition coefficient (Wildman–Crippen LogP) is 0.153. The minimum absolute atomic E-state index is 0.0139. The molecule has 216 valence electrons. The number of piperidine rings is 1. The summed E-state index contributed by atoms with van der Waals surface area (Å²) in [5.41, 5.74) is 3.65. The van der Waals surface area contributed by atoms with Gasteiger partial charge in [-0.25, -0.2) is 0 Å². The molecule has 1 amide bonds. The minimum Gasteiger partial charge on any atom is -0.505 e. The summed E-state index contributed by atoms with van der Waals surface area (Å²) in [6.07, 6.45) is 3.16. The van der Waals surface area contributed by atoms with Crippen LogP contribution in [0.5, 0.6) is 5.75 Å². The number of likely N-dealkylation sites (N-methyl/N-ethyl adjacent to an activating group) is 1. The molecule has 1 aromatic rings. The first-order valence-corrected chi connectivity index (χ1v) is 14.1. The number of nitrogens with two attached hydrogens (primary N) is 1. The molecule has 0 bridgehead atoms. The number of aliphatic hydroxyl groups is 1. The molecule has 1 saturated heterocycles. The van der Waals surface area contributed by atoms with E-state index in [1.807, 2.05) is 0 Å². The number of hydrogen-bond donors (Lipinski definition) is 4. The fourth-order valence-electron chi connectivity index (χ4n) is 7.53. The van der Waals surface area contributed by atoms with Crippen molar-refractivity contribution in [2.45, 2.75) is 56.7 Å². The van der Waals surface area contributed by atoms with Crippen LogP contribution in [0.4, 0.5) is 5.69 Å². The van der Waals surface area contributed by atoms with Gasteiger partial charge >= 0.3 is 0 Å². The van der Waals surface area contributed by atoms with Gasteiger partial charge in [-0.3, -0.25) is 28.9 Å². The zero-order valence-electron chi connectivity index (χ0n) is 23.2. The maximum absolute atomic E-state index is 13.9. The molecule has 0 radical (unpaired) electrons. The van der Waals surface area contributed by atoms with E-state index in [1.54, 1.807) is 26.2 Å². The molecule has 11 nitrogen and oxygen atoms in total. The standard InChI is InChI=1S/C29H38N4O7/c1-4-9-33-10-7-16(8-11-33)31-18-6-5-14-12-15-13-17-22(32(2)3)25(36)21(28(30)39)27(38)29(17,40)26(37)20(15)24(35)19(14)23(18)34/h5-6,15-17,20-22,31,34,40H,4,7-13H2,1-3H3,(H2,30,39). The van der Waals surface area contributed by atoms with Crippen LogP contribution >= 0.6 is 0 Å². The third kappa shape index (κ3) is 4.26. The van der Waals surface area contributed by atoms with Crippen LogP contribution in [0.2, 0.25) is 0 Å². The molecular weight excluding hydrogens is 516 g/mol. The molecule has 1 aliphatic heterocycles. The number of benzene rings is 1. The molecule has 3 fully saturated rings. The third-order valence-corrected chi connectivity index (χ3v) is 9.42. The number of Topliss-reactive ketones (excluding diaryl/α,β-unsaturated/α-hetero) is 4. The van der Waals surface area contributed by atoms with E-state index in [1.165, 1.54) is 4.90 Å². The Morgan fingerprint density at radius 1 is 1.15 bits per heavy atom. The van der Waals surface area contributed by atoms with Crippen molar-refractivity contribution in [1.82, 2.24) is 9.80 Å². The second-order valence-electron chi connectivity index (χ2n) is 12.0. The molecule has 1 heterocycles. The van der Waals surface area contributed by atoms with E-state index >= 15 is 0 Å². The molecule has 0 spiro atoms. The second-order valence-corrected chi connectivity index (χ2v) is 12.0. The molecule has 6 atom stereocenters. The summed E-state index contributed by atoms with van der Waals surface area (Å²) in [6.45, 7) is 5.06. The summed E-state index contributed by atoms with van der Waals surface area (Å²) in [5.74, 6) is -10.3. The number of primary amides is 1. The largest absolute Gasteiger partial charge is 0.505 e. The highest BCUT2D eigenvalue weighted by Gasteiger charge is 2.69. The quantitative estimate of drug-likeness (QED) is 0.280. The summed E-state index contributed by atoms with van der Waals surface area (Å²) in [6, 6.07) is 2.53. The number of ketones is 4. The average molecular weight is 555 g/mol. The number of hydrogen-bond acceptors (Lipinski definition) is 10. The van der Waals surface area contributed by atoms with E-state index in [4.69, 9.17) is 5.73 Å². The Hall–Kier alpha value is -3.15. The van der Waals surface area contributed by atoms with Gasteiger partial charge in [0, 0.05) is 25.0 Å². The number of nitrogens with one attached hydrogen (secondary N) is 1. The van der Waals surface area contributed by atoms with Crippen LogP contribution in [0.1, 0.15) is 48.5 Å². The highest BCUT2D eigenvalue weighted by molar-refractivity contribution is 6.32. The highest BCUT2D eigenvalue weighted by atomic mass is 16.3. The number of fused-ring (bicyclic) bond motifs is 3. The predicted molar refractivity (Wildman–Crippen MR) is 145 cm³/mol. The number of likely N-dealkylation sites (tertiary alicyclic amines) is 1. The van der Waals surface area contributed by atoms with Crippen LogP contribution in [0.15, 0.2) is 12.1 Å². The summed E-state index contributed by atoms with van der Waals surface area (Å²) in [5, 5.41) is 26.2. The van der Waals surface area contributed by atoms with Crippen LogP contribution in [0, 0.1) is 23.7 Å². The smallest absolute Gasteiger partial charge is 0.235 e. The second kappa shape index (κ2) is 10.4. The van der Waals surface area contributed by atoms with E-state index in [2.05, 4.69) is 17.1 Å². The van der Waals surface area contributed by atoms with Gasteiger partial charge in [-0.15, -0.1) is 0 Å². The van der Waals surface area contributed by atoms with Gasteiger partial charge < -0.3 is 26.2 Å². The first kappa shape index (κ1) is 28.4. The van der Waals surface area contributed by atoms with Crippen LogP contribution in [0.3, 0.4) is 0 Å². The summed E-state index contributed by atoms with van der Waals surface area (Å²) in [7, 11) is 3.13. The summed E-state index contributed by atoms with van der Waals surface area (Å²) in [4.78, 5) is 70.2. The van der Waals surface area contributed by atoms with Gasteiger partial charge in [0.2, 0.25) is 5.91 Å². The topological polar surface area (TPSA) is 170 Å². The Morgan fingerprint density at radius 2 is 1.82 bits per heavy atom. The van der Waals surface area contributed by atoms with E-state index < -0.39 is 64.4 Å². The Kier molecular flexibility index (Phi) is 7.35. The molecule has 11 heteroatoms. The molecule has 1 aromatic carbocycles. The molecule has 4 aliphatic rings. The Balaban J connectivity index is 1.46. The van der Waals surface area contributed by atoms with Crippen LogP contribution < -0.4 is 11.1 Å². The highest BCUT2D eigenvalue weighted by Crippen LogP contribution is 2.51. The van der Waals surface area contributed by atoms with Gasteiger partial charge in [-0.1, -0.05) is 13.0 Å². The molecule has 6 unspecified atom stereocenters. The van der Waals surface area contributed by atoms with Crippen molar-refractivity contribution < 1.29 is 34.2 Å². The molecule has 5 N–H and O–H groups in total. The number of nitrogens with zero attached hydrogens (tertiary/aromatic N) is 2. The van der Waals surface area contributed by atoms with Crippen molar-refractivity contribution in [2.24, 2.45) is 29.4 Å². The maximum atomic E-state index is 13.9. The molecule has 40 heavy (non-hydrogen) atoms. The van der Waals surface area contributed by atoms with Crippen LogP contribution in [-0.4, -0.2) is 100 Å². The fourth-order valence-corrected chi connectivity index (χ4v) is 7.53. The molecule has 3 aliphatic carbocycles. The van der Waals surface area contributed by atoms with Gasteiger partial charge in [0.25, 0.3) is 0 Å². The van der Waals surface area contributed by atoms with Crippen LogP contribution in [0.25, 0.3) is 0 Å².